The number of carbonyl (C=O) groups is 1. The van der Waals surface area contributed by atoms with Crippen molar-refractivity contribution in [3.8, 4) is 0 Å². The predicted octanol–water partition coefficient (Wildman–Crippen LogP) is 6.41. The van der Waals surface area contributed by atoms with Crippen LogP contribution in [0.4, 0.5) is 5.69 Å². The molecule has 0 radical (unpaired) electrons. The second-order valence-electron chi connectivity index (χ2n) is 5.96. The molecule has 2 aromatic carbocycles. The summed E-state index contributed by atoms with van der Waals surface area (Å²) in [6.45, 7) is 4.06. The largest absolute Gasteiger partial charge is 0.319 e. The van der Waals surface area contributed by atoms with Crippen LogP contribution >= 0.6 is 46.4 Å². The summed E-state index contributed by atoms with van der Waals surface area (Å²) in [4.78, 5) is 12.6. The molecule has 0 aliphatic heterocycles. The number of hydrogen-bond acceptors (Lipinski definition) is 2. The molecule has 140 valence electrons. The van der Waals surface area contributed by atoms with Gasteiger partial charge >= 0.3 is 0 Å². The Hall–Kier alpha value is -1.72. The van der Waals surface area contributed by atoms with Crippen molar-refractivity contribution < 1.29 is 4.79 Å². The van der Waals surface area contributed by atoms with Gasteiger partial charge in [-0.3, -0.25) is 9.48 Å². The zero-order valence-corrected chi connectivity index (χ0v) is 17.5. The number of hydrogen-bond donors (Lipinski definition) is 1. The van der Waals surface area contributed by atoms with E-state index < -0.39 is 0 Å². The minimum Gasteiger partial charge on any atom is -0.319 e. The quantitative estimate of drug-likeness (QED) is 0.507. The van der Waals surface area contributed by atoms with E-state index in [0.29, 0.717) is 38.6 Å². The smallest absolute Gasteiger partial charge is 0.257 e. The molecule has 0 spiro atoms. The van der Waals surface area contributed by atoms with E-state index in [1.807, 2.05) is 13.8 Å². The van der Waals surface area contributed by atoms with Crippen LogP contribution in [0.1, 0.15) is 27.3 Å². The van der Waals surface area contributed by atoms with Gasteiger partial charge in [0.2, 0.25) is 0 Å². The minimum absolute atomic E-state index is 0.210. The highest BCUT2D eigenvalue weighted by Crippen LogP contribution is 2.29. The summed E-state index contributed by atoms with van der Waals surface area (Å²) < 4.78 is 1.75. The van der Waals surface area contributed by atoms with Gasteiger partial charge < -0.3 is 5.32 Å². The lowest BCUT2D eigenvalue weighted by Crippen LogP contribution is -2.14. The van der Waals surface area contributed by atoms with Gasteiger partial charge in [-0.05, 0) is 38.1 Å². The van der Waals surface area contributed by atoms with E-state index in [-0.39, 0.29) is 10.9 Å². The van der Waals surface area contributed by atoms with Gasteiger partial charge in [0.1, 0.15) is 0 Å². The first-order chi connectivity index (χ1) is 12.8. The Morgan fingerprint density at radius 1 is 1.00 bits per heavy atom. The van der Waals surface area contributed by atoms with Crippen molar-refractivity contribution in [2.24, 2.45) is 0 Å². The van der Waals surface area contributed by atoms with E-state index in [1.165, 1.54) is 0 Å². The molecule has 0 atom stereocenters. The van der Waals surface area contributed by atoms with E-state index >= 15 is 0 Å². The number of nitrogens with zero attached hydrogens (tertiary/aromatic N) is 2. The van der Waals surface area contributed by atoms with Gasteiger partial charge in [-0.2, -0.15) is 5.10 Å². The fourth-order valence-electron chi connectivity index (χ4n) is 2.72. The van der Waals surface area contributed by atoms with Gasteiger partial charge in [0.05, 0.1) is 39.2 Å². The molecule has 0 saturated carbocycles. The van der Waals surface area contributed by atoms with Gasteiger partial charge in [0, 0.05) is 15.6 Å². The van der Waals surface area contributed by atoms with Crippen molar-refractivity contribution in [2.75, 3.05) is 5.32 Å². The van der Waals surface area contributed by atoms with Crippen LogP contribution in [0, 0.1) is 13.8 Å². The Labute approximate surface area is 177 Å². The molecule has 27 heavy (non-hydrogen) atoms. The van der Waals surface area contributed by atoms with Crippen molar-refractivity contribution in [3.05, 3.63) is 79.0 Å². The number of halogens is 4. The third-order valence-corrected chi connectivity index (χ3v) is 5.71. The predicted molar refractivity (Wildman–Crippen MR) is 112 cm³/mol. The second kappa shape index (κ2) is 8.11. The normalized spacial score (nSPS) is 10.9. The van der Waals surface area contributed by atoms with Crippen LogP contribution in [0.25, 0.3) is 0 Å². The molecule has 3 aromatic rings. The molecule has 0 aliphatic rings. The van der Waals surface area contributed by atoms with Gasteiger partial charge in [0.15, 0.2) is 0 Å². The van der Waals surface area contributed by atoms with Crippen LogP contribution in [0.2, 0.25) is 20.1 Å². The summed E-state index contributed by atoms with van der Waals surface area (Å²) in [5, 5.41) is 9.02. The Bertz CT molecular complexity index is 1010. The van der Waals surface area contributed by atoms with Gasteiger partial charge in [-0.25, -0.2) is 0 Å². The third kappa shape index (κ3) is 4.09. The number of aryl methyl sites for hydroxylation is 1. The summed E-state index contributed by atoms with van der Waals surface area (Å²) in [5.41, 5.74) is 3.11. The Kier molecular flexibility index (Phi) is 6.02. The monoisotopic (exact) mass is 441 g/mol. The highest BCUT2D eigenvalue weighted by molar-refractivity contribution is 6.44. The molecular formula is C19H15Cl4N3O. The van der Waals surface area contributed by atoms with E-state index in [1.54, 1.807) is 41.1 Å². The molecule has 1 amide bonds. The van der Waals surface area contributed by atoms with Crippen molar-refractivity contribution in [1.29, 1.82) is 0 Å². The van der Waals surface area contributed by atoms with E-state index in [0.717, 1.165) is 11.3 Å². The lowest BCUT2D eigenvalue weighted by molar-refractivity contribution is 0.102. The van der Waals surface area contributed by atoms with Crippen LogP contribution in [0.5, 0.6) is 0 Å². The molecule has 0 fully saturated rings. The second-order valence-corrected chi connectivity index (χ2v) is 7.56. The van der Waals surface area contributed by atoms with Crippen LogP contribution in [0.3, 0.4) is 0 Å². The fraction of sp³-hybridized carbons (Fsp3) is 0.158. The summed E-state index contributed by atoms with van der Waals surface area (Å²) in [5.74, 6) is -0.357. The van der Waals surface area contributed by atoms with Crippen LogP contribution in [-0.2, 0) is 6.54 Å². The lowest BCUT2D eigenvalue weighted by atomic mass is 10.2. The Morgan fingerprint density at radius 3 is 2.26 bits per heavy atom. The number of anilines is 1. The number of aromatic nitrogens is 2. The first-order valence-electron chi connectivity index (χ1n) is 8.02. The summed E-state index contributed by atoms with van der Waals surface area (Å²) in [7, 11) is 0. The molecule has 1 aromatic heterocycles. The number of rotatable bonds is 4. The Morgan fingerprint density at radius 2 is 1.59 bits per heavy atom. The van der Waals surface area contributed by atoms with Crippen molar-refractivity contribution >= 4 is 58.0 Å². The van der Waals surface area contributed by atoms with Crippen LogP contribution in [0.15, 0.2) is 36.4 Å². The van der Waals surface area contributed by atoms with E-state index in [9.17, 15) is 4.79 Å². The molecule has 3 rings (SSSR count). The van der Waals surface area contributed by atoms with Gasteiger partial charge in [-0.1, -0.05) is 58.5 Å². The molecule has 0 unspecified atom stereocenters. The maximum atomic E-state index is 12.6. The first kappa shape index (κ1) is 20.0. The maximum absolute atomic E-state index is 12.6. The lowest BCUT2D eigenvalue weighted by Gasteiger charge is -2.10. The van der Waals surface area contributed by atoms with Crippen molar-refractivity contribution in [2.45, 2.75) is 20.4 Å². The summed E-state index contributed by atoms with van der Waals surface area (Å²) >= 11 is 24.6. The van der Waals surface area contributed by atoms with E-state index in [4.69, 9.17) is 46.4 Å². The van der Waals surface area contributed by atoms with Gasteiger partial charge in [-0.15, -0.1) is 0 Å². The molecule has 8 heteroatoms. The maximum Gasteiger partial charge on any atom is 0.257 e. The van der Waals surface area contributed by atoms with Crippen LogP contribution < -0.4 is 5.32 Å². The van der Waals surface area contributed by atoms with Crippen molar-refractivity contribution in [1.82, 2.24) is 9.78 Å². The summed E-state index contributed by atoms with van der Waals surface area (Å²) in [6, 6.07) is 10.3. The molecule has 0 aliphatic carbocycles. The molecular weight excluding hydrogens is 428 g/mol. The highest BCUT2D eigenvalue weighted by atomic mass is 35.5. The molecule has 1 N–H and O–H groups in total. The average Bonchev–Trinajstić information content (AvgIpc) is 2.88. The van der Waals surface area contributed by atoms with Crippen molar-refractivity contribution in [3.63, 3.8) is 0 Å². The zero-order chi connectivity index (χ0) is 19.7. The number of benzene rings is 2. The topological polar surface area (TPSA) is 46.9 Å². The van der Waals surface area contributed by atoms with Crippen LogP contribution in [-0.4, -0.2) is 15.7 Å². The van der Waals surface area contributed by atoms with E-state index in [2.05, 4.69) is 10.4 Å². The number of carbonyl (C=O) groups excluding carboxylic acids is 1. The van der Waals surface area contributed by atoms with Gasteiger partial charge in [0.25, 0.3) is 5.91 Å². The Balaban J connectivity index is 1.90. The molecule has 1 heterocycles. The number of amides is 1. The fourth-order valence-corrected chi connectivity index (χ4v) is 3.63. The minimum atomic E-state index is -0.357. The standard InChI is InChI=1S/C19H15Cl4N3O/c1-10-18(24-19(27)12-5-3-8-16(22)17(12)23)11(2)26(25-10)9-13-14(20)6-4-7-15(13)21/h3-8H,9H2,1-2H3,(H,24,27). The first-order valence-corrected chi connectivity index (χ1v) is 9.53. The highest BCUT2D eigenvalue weighted by Gasteiger charge is 2.19. The number of nitrogens with one attached hydrogen (secondary N) is 1. The summed E-state index contributed by atoms with van der Waals surface area (Å²) in [6.07, 6.45) is 0. The molecule has 0 saturated heterocycles. The zero-order valence-electron chi connectivity index (χ0n) is 14.5. The molecule has 0 bridgehead atoms. The average molecular weight is 443 g/mol. The SMILES string of the molecule is Cc1nn(Cc2c(Cl)cccc2Cl)c(C)c1NC(=O)c1cccc(Cl)c1Cl. The molecule has 4 nitrogen and oxygen atoms in total. The third-order valence-electron chi connectivity index (χ3n) is 4.19.